The molecule has 132 valence electrons. The van der Waals surface area contributed by atoms with E-state index in [1.165, 1.54) is 11.8 Å². The molecule has 6 nitrogen and oxygen atoms in total. The Hall–Kier alpha value is -3.06. The van der Waals surface area contributed by atoms with Crippen molar-refractivity contribution in [3.63, 3.8) is 0 Å². The number of amides is 2. The second-order valence-corrected chi connectivity index (χ2v) is 6.96. The lowest BCUT2D eigenvalue weighted by Crippen LogP contribution is -2.45. The minimum atomic E-state index is -0.454. The molecule has 0 saturated carbocycles. The van der Waals surface area contributed by atoms with E-state index in [1.807, 2.05) is 60.7 Å². The third-order valence-electron chi connectivity index (χ3n) is 3.62. The van der Waals surface area contributed by atoms with Crippen LogP contribution in [0.1, 0.15) is 17.4 Å². The maximum absolute atomic E-state index is 12.2. The van der Waals surface area contributed by atoms with Crippen molar-refractivity contribution in [1.29, 1.82) is 0 Å². The van der Waals surface area contributed by atoms with Gasteiger partial charge in [0.1, 0.15) is 5.69 Å². The van der Waals surface area contributed by atoms with Crippen molar-refractivity contribution in [2.45, 2.75) is 17.1 Å². The number of hydrogen-bond acceptors (Lipinski definition) is 4. The molecule has 1 heterocycles. The Morgan fingerprint density at radius 3 is 2.35 bits per heavy atom. The molecule has 0 aliphatic carbocycles. The Bertz CT molecular complexity index is 881. The maximum Gasteiger partial charge on any atom is 0.287 e. The van der Waals surface area contributed by atoms with E-state index in [4.69, 9.17) is 0 Å². The summed E-state index contributed by atoms with van der Waals surface area (Å²) in [6, 6.07) is 20.8. The number of carbonyl (C=O) groups is 2. The number of thioether (sulfide) groups is 1. The lowest BCUT2D eigenvalue weighted by Gasteiger charge is -2.12. The molecule has 0 spiro atoms. The van der Waals surface area contributed by atoms with Crippen molar-refractivity contribution in [2.75, 3.05) is 0 Å². The summed E-state index contributed by atoms with van der Waals surface area (Å²) in [5.41, 5.74) is 6.69. The molecule has 3 rings (SSSR count). The predicted molar refractivity (Wildman–Crippen MR) is 101 cm³/mol. The molecule has 7 heteroatoms. The quantitative estimate of drug-likeness (QED) is 0.478. The summed E-state index contributed by atoms with van der Waals surface area (Å²) in [4.78, 5) is 25.3. The fraction of sp³-hybridized carbons (Fsp3) is 0.105. The SMILES string of the molecule is CC(Sc1ccccc1)C(=O)NNC(=O)c1cc(-c2ccccc2)n[nH]1. The molecule has 26 heavy (non-hydrogen) atoms. The standard InChI is InChI=1S/C19H18N4O2S/c1-13(26-15-10-6-3-7-11-15)18(24)22-23-19(25)17-12-16(20-21-17)14-8-4-2-5-9-14/h2-13H,1H3,(H,20,21)(H,22,24)(H,23,25). The topological polar surface area (TPSA) is 86.9 Å². The predicted octanol–water partition coefficient (Wildman–Crippen LogP) is 3.02. The van der Waals surface area contributed by atoms with E-state index in [0.717, 1.165) is 10.5 Å². The first-order chi connectivity index (χ1) is 12.6. The second kappa shape index (κ2) is 8.35. The summed E-state index contributed by atoms with van der Waals surface area (Å²) < 4.78 is 0. The van der Waals surface area contributed by atoms with Crippen LogP contribution in [-0.2, 0) is 4.79 Å². The molecule has 0 aliphatic rings. The molecule has 0 saturated heterocycles. The highest BCUT2D eigenvalue weighted by Gasteiger charge is 2.16. The van der Waals surface area contributed by atoms with Crippen LogP contribution in [-0.4, -0.2) is 27.3 Å². The minimum Gasteiger partial charge on any atom is -0.272 e. The molecular weight excluding hydrogens is 348 g/mol. The number of rotatable bonds is 5. The molecule has 2 amide bonds. The van der Waals surface area contributed by atoms with Gasteiger partial charge in [0.15, 0.2) is 0 Å². The number of benzene rings is 2. The molecule has 3 aromatic rings. The second-order valence-electron chi connectivity index (χ2n) is 5.55. The van der Waals surface area contributed by atoms with Crippen molar-refractivity contribution in [3.8, 4) is 11.3 Å². The maximum atomic E-state index is 12.2. The van der Waals surface area contributed by atoms with Gasteiger partial charge in [-0.2, -0.15) is 5.10 Å². The number of hydrogen-bond donors (Lipinski definition) is 3. The number of hydrazine groups is 1. The van der Waals surface area contributed by atoms with Crippen LogP contribution in [0, 0.1) is 0 Å². The Morgan fingerprint density at radius 2 is 1.65 bits per heavy atom. The minimum absolute atomic E-state index is 0.271. The average Bonchev–Trinajstić information content (AvgIpc) is 3.17. The van der Waals surface area contributed by atoms with Gasteiger partial charge in [0.2, 0.25) is 0 Å². The van der Waals surface area contributed by atoms with Gasteiger partial charge in [-0.3, -0.25) is 25.5 Å². The Morgan fingerprint density at radius 1 is 1.00 bits per heavy atom. The van der Waals surface area contributed by atoms with Gasteiger partial charge in [-0.05, 0) is 25.1 Å². The first-order valence-electron chi connectivity index (χ1n) is 8.06. The van der Waals surface area contributed by atoms with Gasteiger partial charge in [-0.15, -0.1) is 11.8 Å². The normalized spacial score (nSPS) is 11.6. The zero-order valence-electron chi connectivity index (χ0n) is 14.1. The van der Waals surface area contributed by atoms with E-state index >= 15 is 0 Å². The van der Waals surface area contributed by atoms with Gasteiger partial charge in [0.25, 0.3) is 11.8 Å². The van der Waals surface area contributed by atoms with E-state index in [-0.39, 0.29) is 16.9 Å². The van der Waals surface area contributed by atoms with Crippen molar-refractivity contribution in [2.24, 2.45) is 0 Å². The van der Waals surface area contributed by atoms with Gasteiger partial charge in [0, 0.05) is 10.5 Å². The lowest BCUT2D eigenvalue weighted by molar-refractivity contribution is -0.121. The molecular formula is C19H18N4O2S. The molecule has 0 bridgehead atoms. The Labute approximate surface area is 155 Å². The van der Waals surface area contributed by atoms with Gasteiger partial charge >= 0.3 is 0 Å². The fourth-order valence-electron chi connectivity index (χ4n) is 2.24. The van der Waals surface area contributed by atoms with Crippen LogP contribution >= 0.6 is 11.8 Å². The first kappa shape index (κ1) is 17.8. The molecule has 3 N–H and O–H groups in total. The van der Waals surface area contributed by atoms with Crippen LogP contribution < -0.4 is 10.9 Å². The fourth-order valence-corrected chi connectivity index (χ4v) is 3.13. The Balaban J connectivity index is 1.54. The number of nitrogens with zero attached hydrogens (tertiary/aromatic N) is 1. The van der Waals surface area contributed by atoms with Gasteiger partial charge in [-0.1, -0.05) is 48.5 Å². The molecule has 2 aromatic carbocycles. The van der Waals surface area contributed by atoms with E-state index < -0.39 is 5.91 Å². The smallest absolute Gasteiger partial charge is 0.272 e. The highest BCUT2D eigenvalue weighted by molar-refractivity contribution is 8.00. The summed E-state index contributed by atoms with van der Waals surface area (Å²) >= 11 is 1.42. The third kappa shape index (κ3) is 4.52. The number of aromatic nitrogens is 2. The highest BCUT2D eigenvalue weighted by atomic mass is 32.2. The van der Waals surface area contributed by atoms with E-state index in [0.29, 0.717) is 5.69 Å². The van der Waals surface area contributed by atoms with Gasteiger partial charge < -0.3 is 0 Å². The van der Waals surface area contributed by atoms with Crippen LogP contribution in [0.4, 0.5) is 0 Å². The summed E-state index contributed by atoms with van der Waals surface area (Å²) in [5, 5.41) is 6.45. The average molecular weight is 366 g/mol. The van der Waals surface area contributed by atoms with Crippen molar-refractivity contribution in [1.82, 2.24) is 21.0 Å². The van der Waals surface area contributed by atoms with E-state index in [2.05, 4.69) is 21.0 Å². The van der Waals surface area contributed by atoms with E-state index in [9.17, 15) is 9.59 Å². The van der Waals surface area contributed by atoms with Crippen LogP contribution in [0.15, 0.2) is 71.6 Å². The van der Waals surface area contributed by atoms with Gasteiger partial charge in [0.05, 0.1) is 10.9 Å². The highest BCUT2D eigenvalue weighted by Crippen LogP contribution is 2.22. The number of carbonyl (C=O) groups excluding carboxylic acids is 2. The van der Waals surface area contributed by atoms with E-state index in [1.54, 1.807) is 13.0 Å². The molecule has 1 unspecified atom stereocenters. The van der Waals surface area contributed by atoms with Crippen LogP contribution in [0.5, 0.6) is 0 Å². The van der Waals surface area contributed by atoms with Crippen molar-refractivity contribution in [3.05, 3.63) is 72.4 Å². The largest absolute Gasteiger partial charge is 0.287 e. The molecule has 1 atom stereocenters. The molecule has 1 aromatic heterocycles. The summed E-state index contributed by atoms with van der Waals surface area (Å²) in [6.07, 6.45) is 0. The van der Waals surface area contributed by atoms with Gasteiger partial charge in [-0.25, -0.2) is 0 Å². The van der Waals surface area contributed by atoms with Crippen molar-refractivity contribution < 1.29 is 9.59 Å². The molecule has 0 radical (unpaired) electrons. The van der Waals surface area contributed by atoms with Crippen LogP contribution in [0.2, 0.25) is 0 Å². The zero-order valence-corrected chi connectivity index (χ0v) is 14.9. The molecule has 0 aliphatic heterocycles. The molecule has 0 fully saturated rings. The zero-order chi connectivity index (χ0) is 18.4. The number of H-pyrrole nitrogens is 1. The number of nitrogens with one attached hydrogen (secondary N) is 3. The summed E-state index contributed by atoms with van der Waals surface area (Å²) in [7, 11) is 0. The lowest BCUT2D eigenvalue weighted by atomic mass is 10.1. The summed E-state index contributed by atoms with van der Waals surface area (Å²) in [5.74, 6) is -0.736. The van der Waals surface area contributed by atoms with Crippen LogP contribution in [0.25, 0.3) is 11.3 Å². The monoisotopic (exact) mass is 366 g/mol. The first-order valence-corrected chi connectivity index (χ1v) is 8.94. The van der Waals surface area contributed by atoms with Crippen LogP contribution in [0.3, 0.4) is 0 Å². The third-order valence-corrected chi connectivity index (χ3v) is 4.73. The Kier molecular flexibility index (Phi) is 5.70. The summed E-state index contributed by atoms with van der Waals surface area (Å²) in [6.45, 7) is 1.78. The van der Waals surface area contributed by atoms with Crippen molar-refractivity contribution >= 4 is 23.6 Å². The number of aromatic amines is 1.